The lowest BCUT2D eigenvalue weighted by Crippen LogP contribution is -2.40. The molecule has 2 amide bonds. The summed E-state index contributed by atoms with van der Waals surface area (Å²) >= 11 is 0. The van der Waals surface area contributed by atoms with E-state index in [9.17, 15) is 9.59 Å². The first-order chi connectivity index (χ1) is 11.1. The van der Waals surface area contributed by atoms with Gasteiger partial charge in [-0.2, -0.15) is 0 Å². The summed E-state index contributed by atoms with van der Waals surface area (Å²) in [5.74, 6) is -0.0808. The number of aryl methyl sites for hydroxylation is 1. The summed E-state index contributed by atoms with van der Waals surface area (Å²) in [6.45, 7) is 4.80. The highest BCUT2D eigenvalue weighted by atomic mass is 16.5. The van der Waals surface area contributed by atoms with E-state index >= 15 is 0 Å². The molecule has 126 valence electrons. The van der Waals surface area contributed by atoms with Crippen LogP contribution in [0.2, 0.25) is 0 Å². The van der Waals surface area contributed by atoms with Gasteiger partial charge in [0.25, 0.3) is 0 Å². The summed E-state index contributed by atoms with van der Waals surface area (Å²) in [6.07, 6.45) is 3.23. The van der Waals surface area contributed by atoms with Crippen molar-refractivity contribution in [2.45, 2.75) is 39.0 Å². The molecule has 1 aliphatic rings. The van der Waals surface area contributed by atoms with Gasteiger partial charge in [0.1, 0.15) is 0 Å². The lowest BCUT2D eigenvalue weighted by atomic mass is 9.98. The Hall–Kier alpha value is -2.04. The molecule has 0 saturated heterocycles. The van der Waals surface area contributed by atoms with Crippen LogP contribution in [0.5, 0.6) is 0 Å². The second-order valence-corrected chi connectivity index (χ2v) is 6.01. The Morgan fingerprint density at radius 2 is 2.09 bits per heavy atom. The number of carbonyl (C=O) groups is 2. The van der Waals surface area contributed by atoms with Gasteiger partial charge in [0, 0.05) is 13.1 Å². The monoisotopic (exact) mass is 318 g/mol. The van der Waals surface area contributed by atoms with Crippen LogP contribution >= 0.6 is 0 Å². The lowest BCUT2D eigenvalue weighted by molar-refractivity contribution is -0.147. The highest BCUT2D eigenvalue weighted by Crippen LogP contribution is 2.34. The van der Waals surface area contributed by atoms with Crippen LogP contribution in [0.3, 0.4) is 0 Å². The van der Waals surface area contributed by atoms with Gasteiger partial charge in [-0.1, -0.05) is 31.2 Å². The molecule has 0 saturated carbocycles. The SMILES string of the molecule is CCOC(=O)[C@@H](C)CNC(=O)NCC[C@@H]1CCc2ccccc21. The minimum atomic E-state index is -0.331. The van der Waals surface area contributed by atoms with E-state index in [4.69, 9.17) is 4.74 Å². The van der Waals surface area contributed by atoms with E-state index in [0.717, 1.165) is 19.3 Å². The third kappa shape index (κ3) is 4.98. The number of hydrogen-bond acceptors (Lipinski definition) is 3. The fraction of sp³-hybridized carbons (Fsp3) is 0.556. The third-order valence-corrected chi connectivity index (χ3v) is 4.29. The zero-order chi connectivity index (χ0) is 16.7. The predicted octanol–water partition coefficient (Wildman–Crippen LogP) is 2.60. The molecule has 2 rings (SSSR count). The van der Waals surface area contributed by atoms with Crippen molar-refractivity contribution < 1.29 is 14.3 Å². The van der Waals surface area contributed by atoms with Crippen LogP contribution in [0.1, 0.15) is 43.7 Å². The number of ether oxygens (including phenoxy) is 1. The number of nitrogens with one attached hydrogen (secondary N) is 2. The Balaban J connectivity index is 1.65. The Bertz CT molecular complexity index is 545. The molecular weight excluding hydrogens is 292 g/mol. The molecule has 0 unspecified atom stereocenters. The zero-order valence-corrected chi connectivity index (χ0v) is 13.9. The molecule has 2 atom stereocenters. The quantitative estimate of drug-likeness (QED) is 0.759. The van der Waals surface area contributed by atoms with Crippen molar-refractivity contribution >= 4 is 12.0 Å². The minimum absolute atomic E-state index is 0.229. The van der Waals surface area contributed by atoms with Gasteiger partial charge in [0.05, 0.1) is 12.5 Å². The molecule has 0 aromatic heterocycles. The fourth-order valence-electron chi connectivity index (χ4n) is 2.98. The van der Waals surface area contributed by atoms with Crippen molar-refractivity contribution in [3.8, 4) is 0 Å². The maximum atomic E-state index is 11.8. The summed E-state index contributed by atoms with van der Waals surface area (Å²) < 4.78 is 4.91. The standard InChI is InChI=1S/C18H26N2O3/c1-3-23-17(21)13(2)12-20-18(22)19-11-10-15-9-8-14-6-4-5-7-16(14)15/h4-7,13,15H,3,8-12H2,1-2H3,(H2,19,20,22)/t13-,15-/m0/s1. The maximum Gasteiger partial charge on any atom is 0.314 e. The van der Waals surface area contributed by atoms with Crippen LogP contribution in [0.25, 0.3) is 0 Å². The Labute approximate surface area is 137 Å². The number of benzene rings is 1. The van der Waals surface area contributed by atoms with Gasteiger partial charge in [0.2, 0.25) is 0 Å². The maximum absolute atomic E-state index is 11.8. The van der Waals surface area contributed by atoms with E-state index < -0.39 is 0 Å². The van der Waals surface area contributed by atoms with Crippen molar-refractivity contribution in [3.63, 3.8) is 0 Å². The van der Waals surface area contributed by atoms with Crippen molar-refractivity contribution in [3.05, 3.63) is 35.4 Å². The van der Waals surface area contributed by atoms with Gasteiger partial charge < -0.3 is 15.4 Å². The first-order valence-corrected chi connectivity index (χ1v) is 8.38. The fourth-order valence-corrected chi connectivity index (χ4v) is 2.98. The Kier molecular flexibility index (Phi) is 6.44. The van der Waals surface area contributed by atoms with Crippen LogP contribution in [0.15, 0.2) is 24.3 Å². The Morgan fingerprint density at radius 3 is 2.87 bits per heavy atom. The highest BCUT2D eigenvalue weighted by molar-refractivity contribution is 5.76. The van der Waals surface area contributed by atoms with Gasteiger partial charge in [-0.05, 0) is 43.2 Å². The van der Waals surface area contributed by atoms with Gasteiger partial charge >= 0.3 is 12.0 Å². The average Bonchev–Trinajstić information content (AvgIpc) is 2.96. The summed E-state index contributed by atoms with van der Waals surface area (Å²) in [7, 11) is 0. The molecule has 23 heavy (non-hydrogen) atoms. The van der Waals surface area contributed by atoms with Crippen LogP contribution in [0, 0.1) is 5.92 Å². The number of amides is 2. The zero-order valence-electron chi connectivity index (χ0n) is 13.9. The van der Waals surface area contributed by atoms with Crippen molar-refractivity contribution in [1.82, 2.24) is 10.6 Å². The molecule has 0 radical (unpaired) electrons. The largest absolute Gasteiger partial charge is 0.466 e. The van der Waals surface area contributed by atoms with Gasteiger partial charge in [0.15, 0.2) is 0 Å². The number of esters is 1. The molecule has 2 N–H and O–H groups in total. The van der Waals surface area contributed by atoms with Gasteiger partial charge in [-0.3, -0.25) is 4.79 Å². The van der Waals surface area contributed by atoms with Gasteiger partial charge in [-0.25, -0.2) is 4.79 Å². The van der Waals surface area contributed by atoms with Crippen molar-refractivity contribution in [2.24, 2.45) is 5.92 Å². The molecule has 5 nitrogen and oxygen atoms in total. The molecule has 0 aliphatic heterocycles. The number of rotatable bonds is 7. The second kappa shape index (κ2) is 8.56. The summed E-state index contributed by atoms with van der Waals surface area (Å²) in [6, 6.07) is 8.30. The lowest BCUT2D eigenvalue weighted by Gasteiger charge is -2.14. The molecule has 0 heterocycles. The van der Waals surface area contributed by atoms with E-state index in [1.54, 1.807) is 13.8 Å². The number of hydrogen-bond donors (Lipinski definition) is 2. The smallest absolute Gasteiger partial charge is 0.314 e. The van der Waals surface area contributed by atoms with Crippen LogP contribution in [0.4, 0.5) is 4.79 Å². The average molecular weight is 318 g/mol. The summed E-state index contributed by atoms with van der Waals surface area (Å²) in [5, 5.41) is 5.58. The summed E-state index contributed by atoms with van der Waals surface area (Å²) in [4.78, 5) is 23.2. The first-order valence-electron chi connectivity index (χ1n) is 8.38. The van der Waals surface area contributed by atoms with Crippen molar-refractivity contribution in [2.75, 3.05) is 19.7 Å². The van der Waals surface area contributed by atoms with Gasteiger partial charge in [-0.15, -0.1) is 0 Å². The molecule has 1 aromatic rings. The van der Waals surface area contributed by atoms with E-state index in [0.29, 0.717) is 19.1 Å². The first kappa shape index (κ1) is 17.3. The third-order valence-electron chi connectivity index (χ3n) is 4.29. The van der Waals surface area contributed by atoms with Crippen LogP contribution in [-0.4, -0.2) is 31.7 Å². The van der Waals surface area contributed by atoms with Crippen molar-refractivity contribution in [1.29, 1.82) is 0 Å². The molecule has 1 aliphatic carbocycles. The Morgan fingerprint density at radius 1 is 1.30 bits per heavy atom. The van der Waals surface area contributed by atoms with E-state index in [-0.39, 0.29) is 24.5 Å². The molecular formula is C18H26N2O3. The van der Waals surface area contributed by atoms with Crippen LogP contribution < -0.4 is 10.6 Å². The highest BCUT2D eigenvalue weighted by Gasteiger charge is 2.21. The van der Waals surface area contributed by atoms with Crippen LogP contribution in [-0.2, 0) is 16.0 Å². The number of carbonyl (C=O) groups excluding carboxylic acids is 2. The normalized spacial score (nSPS) is 17.2. The molecule has 5 heteroatoms. The number of urea groups is 1. The predicted molar refractivity (Wildman–Crippen MR) is 89.3 cm³/mol. The molecule has 0 bridgehead atoms. The van der Waals surface area contributed by atoms with E-state index in [1.807, 2.05) is 0 Å². The van der Waals surface area contributed by atoms with E-state index in [1.165, 1.54) is 11.1 Å². The minimum Gasteiger partial charge on any atom is -0.466 e. The summed E-state index contributed by atoms with van der Waals surface area (Å²) in [5.41, 5.74) is 2.86. The molecule has 0 spiro atoms. The topological polar surface area (TPSA) is 67.4 Å². The molecule has 1 aromatic carbocycles. The molecule has 0 fully saturated rings. The van der Waals surface area contributed by atoms with E-state index in [2.05, 4.69) is 34.9 Å². The second-order valence-electron chi connectivity index (χ2n) is 6.01. The number of fused-ring (bicyclic) bond motifs is 1.